The van der Waals surface area contributed by atoms with Gasteiger partial charge >= 0.3 is 36.7 Å². The Bertz CT molecular complexity index is 3620. The second-order valence-electron chi connectivity index (χ2n) is 17.8. The van der Waals surface area contributed by atoms with Crippen LogP contribution in [0.15, 0.2) is 34.9 Å². The minimum atomic E-state index is -6.25. The number of hydrogen-bond donors (Lipinski definition) is 13. The molecule has 432 valence electrons. The molecule has 79 heavy (non-hydrogen) atoms. The molecule has 1 amide bonds. The standard InChI is InChI=1S/C36H50N16O23P4/c1-4-40-17(53)5-13-14(71-32(21(13)54)52-12-49(2)20-29(52)46-36(39)48-31(20)58)6-69-77(61,62)74-79(65,66)75-78(63,64)70-8-16-25(24(67-3)34(73-16)50-10-43-18-26(37)41-9-42-27(18)50)76(59,60)68-7-15-22(55)23(56)33(72-15)51-11-44-19-28(51)45-35(38)47-30(19)57/h9-16,21-25,32-34,54-56H,4-8H2,1-3H3,(H12-,37,38,39,40,41,42,45,46,47,48,53,57,58,59,60,61,62,63,64,65,66)/p+1/t13?,14-,15-,16-,21-,22-,23-,24-,25-,32-,33-,34-/m1/s1. The summed E-state index contributed by atoms with van der Waals surface area (Å²) in [5.74, 6) is -2.57. The molecule has 9 heterocycles. The lowest BCUT2D eigenvalue weighted by molar-refractivity contribution is -0.745. The summed E-state index contributed by atoms with van der Waals surface area (Å²) in [7, 11) is -20.9. The first-order valence-corrected chi connectivity index (χ1v) is 29.1. The lowest BCUT2D eigenvalue weighted by atomic mass is 9.94. The minimum Gasteiger partial charge on any atom is -0.387 e. The average molecular weight is 1200 g/mol. The van der Waals surface area contributed by atoms with Crippen LogP contribution in [-0.4, -0.2) is 176 Å². The first-order valence-electron chi connectivity index (χ1n) is 23.0. The maximum Gasteiger partial charge on any atom is 0.490 e. The Morgan fingerprint density at radius 3 is 2.04 bits per heavy atom. The summed E-state index contributed by atoms with van der Waals surface area (Å²) < 4.78 is 106. The first-order chi connectivity index (χ1) is 37.1. The number of phosphoric ester groups is 2. The number of anilines is 3. The fraction of sp³-hybridized carbons (Fsp3) is 0.556. The van der Waals surface area contributed by atoms with Crippen molar-refractivity contribution in [2.24, 2.45) is 13.0 Å². The predicted octanol–water partition coefficient (Wildman–Crippen LogP) is -3.86. The number of aryl methyl sites for hydroxylation is 1. The van der Waals surface area contributed by atoms with E-state index in [0.29, 0.717) is 0 Å². The molecule has 9 rings (SSSR count). The number of aromatic amines is 2. The third-order valence-corrected chi connectivity index (χ3v) is 18.9. The molecule has 39 nitrogen and oxygen atoms in total. The van der Waals surface area contributed by atoms with E-state index in [1.54, 1.807) is 6.92 Å². The molecular formula is C36H51N16O23P4+. The molecule has 16 N–H and O–H groups in total. The smallest absolute Gasteiger partial charge is 0.387 e. The maximum atomic E-state index is 14.5. The number of rotatable bonds is 21. The van der Waals surface area contributed by atoms with Gasteiger partial charge in [-0.3, -0.25) is 51.7 Å². The second kappa shape index (κ2) is 22.0. The third-order valence-electron chi connectivity index (χ3n) is 12.7. The second-order valence-corrected chi connectivity index (χ2v) is 24.4. The SMILES string of the molecule is CCNC(=O)CC1[C@@H](O)[C@H]([n+]2cn(C)c3c(=O)[nH]c(N)nc32)O[C@@H]1COP(=O)(O)OP(=O)(O)OP(=O)(O)OC[C@H]1O[C@@H](n2cnc3c(N)ncnc32)[C@H](OC)[C@@H]1P(=O)(O)OC[C@H]1O[C@@H](n2cnc3c(=O)[nH]c(N)nc32)[C@H](O)[C@@H]1O. The summed E-state index contributed by atoms with van der Waals surface area (Å²) in [5, 5.41) is 36.0. The van der Waals surface area contributed by atoms with E-state index in [0.717, 1.165) is 30.7 Å². The van der Waals surface area contributed by atoms with Gasteiger partial charge in [-0.2, -0.15) is 13.6 Å². The van der Waals surface area contributed by atoms with Gasteiger partial charge in [0.1, 0.15) is 54.1 Å². The van der Waals surface area contributed by atoms with Crippen molar-refractivity contribution in [3.8, 4) is 0 Å². The highest BCUT2D eigenvalue weighted by molar-refractivity contribution is 7.66. The van der Waals surface area contributed by atoms with Gasteiger partial charge in [0.05, 0.1) is 45.6 Å². The topological polar surface area (TPSA) is 562 Å². The van der Waals surface area contributed by atoms with Crippen molar-refractivity contribution in [2.45, 2.75) is 80.4 Å². The van der Waals surface area contributed by atoms with Crippen LogP contribution >= 0.6 is 31.1 Å². The van der Waals surface area contributed by atoms with Gasteiger partial charge < -0.3 is 80.9 Å². The molecule has 43 heteroatoms. The van der Waals surface area contributed by atoms with E-state index in [4.69, 9.17) is 49.7 Å². The number of aliphatic hydroxyl groups is 3. The van der Waals surface area contributed by atoms with Crippen LogP contribution in [-0.2, 0) is 71.2 Å². The number of fused-ring (bicyclic) bond motifs is 3. The van der Waals surface area contributed by atoms with Crippen LogP contribution in [0.25, 0.3) is 33.5 Å². The van der Waals surface area contributed by atoms with Crippen molar-refractivity contribution in [1.29, 1.82) is 0 Å². The van der Waals surface area contributed by atoms with Crippen LogP contribution in [0, 0.1) is 5.92 Å². The maximum absolute atomic E-state index is 14.5. The Labute approximate surface area is 439 Å². The number of ether oxygens (including phenoxy) is 4. The van der Waals surface area contributed by atoms with Crippen molar-refractivity contribution in [3.05, 3.63) is 46.0 Å². The highest BCUT2D eigenvalue weighted by Gasteiger charge is 2.58. The molecule has 6 aromatic heterocycles. The average Bonchev–Trinajstić information content (AvgIpc) is 4.22. The number of carbonyl (C=O) groups is 1. The number of nitrogens with one attached hydrogen (secondary N) is 3. The number of phosphoric acid groups is 3. The van der Waals surface area contributed by atoms with Crippen LogP contribution in [0.1, 0.15) is 32.0 Å². The highest BCUT2D eigenvalue weighted by atomic mass is 31.3. The third kappa shape index (κ3) is 11.7. The van der Waals surface area contributed by atoms with Crippen LogP contribution in [0.4, 0.5) is 17.7 Å². The summed E-state index contributed by atoms with van der Waals surface area (Å²) in [6.07, 6.45) is -12.3. The van der Waals surface area contributed by atoms with Gasteiger partial charge in [-0.1, -0.05) is 4.98 Å². The monoisotopic (exact) mass is 1200 g/mol. The Hall–Kier alpha value is -5.60. The Morgan fingerprint density at radius 2 is 1.37 bits per heavy atom. The van der Waals surface area contributed by atoms with E-state index in [9.17, 15) is 67.5 Å². The quantitative estimate of drug-likeness (QED) is 0.0242. The lowest BCUT2D eigenvalue weighted by Gasteiger charge is -2.28. The molecule has 0 saturated carbocycles. The number of methoxy groups -OCH3 is 1. The number of nitrogens with zero attached hydrogens (tertiary/aromatic N) is 10. The van der Waals surface area contributed by atoms with Crippen LogP contribution in [0.2, 0.25) is 0 Å². The van der Waals surface area contributed by atoms with E-state index >= 15 is 0 Å². The van der Waals surface area contributed by atoms with Gasteiger partial charge in [0.15, 0.2) is 41.4 Å². The minimum absolute atomic E-state index is 0.00912. The number of nitrogen functional groups attached to an aromatic ring is 3. The van der Waals surface area contributed by atoms with Gasteiger partial charge in [-0.15, -0.1) is 0 Å². The molecule has 6 aromatic rings. The Morgan fingerprint density at radius 1 is 0.759 bits per heavy atom. The zero-order chi connectivity index (χ0) is 57.3. The molecule has 0 aromatic carbocycles. The molecule has 5 unspecified atom stereocenters. The molecule has 0 radical (unpaired) electrons. The van der Waals surface area contributed by atoms with Gasteiger partial charge in [-0.05, 0) is 6.92 Å². The lowest BCUT2D eigenvalue weighted by Crippen LogP contribution is -2.45. The van der Waals surface area contributed by atoms with Crippen LogP contribution in [0.5, 0.6) is 0 Å². The number of carbonyl (C=O) groups excluding carboxylic acids is 1. The van der Waals surface area contributed by atoms with E-state index in [2.05, 4.69) is 53.8 Å². The van der Waals surface area contributed by atoms with Crippen LogP contribution < -0.4 is 38.2 Å². The molecule has 3 fully saturated rings. The fourth-order valence-electron chi connectivity index (χ4n) is 9.31. The number of hydrogen-bond acceptors (Lipinski definition) is 28. The van der Waals surface area contributed by atoms with Crippen molar-refractivity contribution >= 4 is 88.2 Å². The molecule has 3 saturated heterocycles. The van der Waals surface area contributed by atoms with E-state index < -0.39 is 147 Å². The summed E-state index contributed by atoms with van der Waals surface area (Å²) in [6.45, 7) is -1.57. The molecule has 0 aliphatic carbocycles. The van der Waals surface area contributed by atoms with Gasteiger partial charge in [0.25, 0.3) is 17.1 Å². The molecule has 3 aliphatic rings. The van der Waals surface area contributed by atoms with Gasteiger partial charge in [0.2, 0.25) is 23.6 Å². The van der Waals surface area contributed by atoms with Crippen molar-refractivity contribution < 1.29 is 104 Å². The normalized spacial score (nSPS) is 29.4. The largest absolute Gasteiger partial charge is 0.490 e. The summed E-state index contributed by atoms with van der Waals surface area (Å²) >= 11 is 0. The van der Waals surface area contributed by atoms with Gasteiger partial charge in [0, 0.05) is 26.0 Å². The summed E-state index contributed by atoms with van der Waals surface area (Å²) in [4.78, 5) is 110. The zero-order valence-corrected chi connectivity index (χ0v) is 44.5. The van der Waals surface area contributed by atoms with Crippen molar-refractivity contribution in [1.82, 2.24) is 58.9 Å². The van der Waals surface area contributed by atoms with E-state index in [-0.39, 0.29) is 57.8 Å². The molecule has 16 atom stereocenters. The number of imidazole rings is 3. The van der Waals surface area contributed by atoms with Gasteiger partial charge in [-0.25, -0.2) is 38.2 Å². The number of aliphatic hydroxyl groups excluding tert-OH is 3. The van der Waals surface area contributed by atoms with E-state index in [1.165, 1.54) is 27.1 Å². The summed E-state index contributed by atoms with van der Waals surface area (Å²) in [5.41, 5.74) is 13.6. The van der Waals surface area contributed by atoms with Crippen molar-refractivity contribution in [2.75, 3.05) is 50.7 Å². The number of H-pyrrole nitrogens is 2. The summed E-state index contributed by atoms with van der Waals surface area (Å²) in [6, 6.07) is 0. The molecule has 0 spiro atoms. The molecule has 3 aliphatic heterocycles. The Balaban J connectivity index is 0.895. The van der Waals surface area contributed by atoms with Crippen LogP contribution in [0.3, 0.4) is 0 Å². The zero-order valence-electron chi connectivity index (χ0n) is 40.9. The van der Waals surface area contributed by atoms with Crippen molar-refractivity contribution in [3.63, 3.8) is 0 Å². The Kier molecular flexibility index (Phi) is 16.2. The number of nitrogens with two attached hydrogens (primary N) is 3. The first kappa shape index (κ1) is 58.1. The fourth-order valence-corrected chi connectivity index (χ4v) is 14.6. The predicted molar refractivity (Wildman–Crippen MR) is 259 cm³/mol. The number of aromatic nitrogens is 12. The molecular weight excluding hydrogens is 1150 g/mol. The van der Waals surface area contributed by atoms with E-state index in [1.807, 2.05) is 0 Å². The number of amides is 1. The highest BCUT2D eigenvalue weighted by Crippen LogP contribution is 2.68. The molecule has 0 bridgehead atoms.